The highest BCUT2D eigenvalue weighted by molar-refractivity contribution is 7.99. The first-order valence-corrected chi connectivity index (χ1v) is 7.10. The lowest BCUT2D eigenvalue weighted by Gasteiger charge is -2.27. The van der Waals surface area contributed by atoms with E-state index in [0.717, 1.165) is 10.4 Å². The summed E-state index contributed by atoms with van der Waals surface area (Å²) in [6.45, 7) is 0. The maximum absolute atomic E-state index is 4.00. The van der Waals surface area contributed by atoms with Crippen LogP contribution in [-0.2, 0) is 0 Å². The van der Waals surface area contributed by atoms with Crippen LogP contribution in [0.4, 0.5) is 5.13 Å². The average Bonchev–Trinajstić information content (AvgIpc) is 2.72. The molecule has 0 spiro atoms. The molecule has 1 fully saturated rings. The lowest BCUT2D eigenvalue weighted by atomic mass is 9.95. The maximum atomic E-state index is 4.00. The number of thioether (sulfide) groups is 1. The standard InChI is InChI=1S/C9H15N3S2/c1-13-8-4-2-7(3-5-8)11-9-12-10-6-14-9/h6-8H,2-5H2,1H3,(H,11,12). The van der Waals surface area contributed by atoms with Crippen molar-refractivity contribution in [2.75, 3.05) is 11.6 Å². The van der Waals surface area contributed by atoms with Gasteiger partial charge in [-0.3, -0.25) is 0 Å². The molecule has 3 nitrogen and oxygen atoms in total. The van der Waals surface area contributed by atoms with Crippen LogP contribution in [0.25, 0.3) is 0 Å². The summed E-state index contributed by atoms with van der Waals surface area (Å²) in [4.78, 5) is 0. The fraction of sp³-hybridized carbons (Fsp3) is 0.778. The van der Waals surface area contributed by atoms with Crippen molar-refractivity contribution >= 4 is 28.2 Å². The van der Waals surface area contributed by atoms with Gasteiger partial charge in [-0.1, -0.05) is 11.3 Å². The van der Waals surface area contributed by atoms with Crippen molar-refractivity contribution in [1.29, 1.82) is 0 Å². The van der Waals surface area contributed by atoms with Crippen LogP contribution in [0.5, 0.6) is 0 Å². The summed E-state index contributed by atoms with van der Waals surface area (Å²) in [5.74, 6) is 0. The Morgan fingerprint density at radius 1 is 1.43 bits per heavy atom. The highest BCUT2D eigenvalue weighted by Crippen LogP contribution is 2.28. The summed E-state index contributed by atoms with van der Waals surface area (Å²) in [6, 6.07) is 0.617. The molecule has 0 unspecified atom stereocenters. The summed E-state index contributed by atoms with van der Waals surface area (Å²) in [6.07, 6.45) is 7.41. The van der Waals surface area contributed by atoms with Crippen molar-refractivity contribution in [3.05, 3.63) is 5.51 Å². The second-order valence-electron chi connectivity index (χ2n) is 3.60. The zero-order valence-corrected chi connectivity index (χ0v) is 9.90. The lowest BCUT2D eigenvalue weighted by Crippen LogP contribution is -2.26. The predicted octanol–water partition coefficient (Wildman–Crippen LogP) is 2.62. The summed E-state index contributed by atoms with van der Waals surface area (Å²) in [7, 11) is 0. The number of nitrogens with one attached hydrogen (secondary N) is 1. The first-order chi connectivity index (χ1) is 6.88. The molecule has 0 saturated heterocycles. The molecular formula is C9H15N3S2. The molecule has 1 heterocycles. The molecule has 5 heteroatoms. The van der Waals surface area contributed by atoms with Gasteiger partial charge in [0.1, 0.15) is 5.51 Å². The van der Waals surface area contributed by atoms with Crippen LogP contribution >= 0.6 is 23.1 Å². The van der Waals surface area contributed by atoms with Gasteiger partial charge in [0.25, 0.3) is 0 Å². The molecule has 1 aliphatic carbocycles. The highest BCUT2D eigenvalue weighted by atomic mass is 32.2. The summed E-state index contributed by atoms with van der Waals surface area (Å²) < 4.78 is 0. The van der Waals surface area contributed by atoms with Gasteiger partial charge in [0.15, 0.2) is 0 Å². The number of anilines is 1. The normalized spacial score (nSPS) is 27.5. The van der Waals surface area contributed by atoms with E-state index in [9.17, 15) is 0 Å². The summed E-state index contributed by atoms with van der Waals surface area (Å²) in [5, 5.41) is 13.1. The Morgan fingerprint density at radius 3 is 2.79 bits per heavy atom. The number of aromatic nitrogens is 2. The fourth-order valence-electron chi connectivity index (χ4n) is 1.85. The van der Waals surface area contributed by atoms with Crippen LogP contribution < -0.4 is 5.32 Å². The number of nitrogens with zero attached hydrogens (tertiary/aromatic N) is 2. The van der Waals surface area contributed by atoms with Crippen molar-refractivity contribution in [3.8, 4) is 0 Å². The van der Waals surface area contributed by atoms with Gasteiger partial charge in [0.2, 0.25) is 5.13 Å². The van der Waals surface area contributed by atoms with Crippen LogP contribution in [-0.4, -0.2) is 27.7 Å². The molecule has 78 valence electrons. The van der Waals surface area contributed by atoms with E-state index in [0.29, 0.717) is 6.04 Å². The molecule has 14 heavy (non-hydrogen) atoms. The third-order valence-corrected chi connectivity index (χ3v) is 4.46. The topological polar surface area (TPSA) is 37.8 Å². The van der Waals surface area contributed by atoms with Crippen molar-refractivity contribution in [3.63, 3.8) is 0 Å². The second kappa shape index (κ2) is 4.98. The largest absolute Gasteiger partial charge is 0.357 e. The van der Waals surface area contributed by atoms with E-state index in [4.69, 9.17) is 0 Å². The Labute approximate surface area is 92.7 Å². The Bertz CT molecular complexity index is 255. The van der Waals surface area contributed by atoms with Crippen molar-refractivity contribution in [2.24, 2.45) is 0 Å². The monoisotopic (exact) mass is 229 g/mol. The molecule has 0 amide bonds. The Kier molecular flexibility index (Phi) is 3.64. The van der Waals surface area contributed by atoms with Crippen LogP contribution in [0, 0.1) is 0 Å². The average molecular weight is 229 g/mol. The maximum Gasteiger partial charge on any atom is 0.205 e. The Balaban J connectivity index is 1.79. The van der Waals surface area contributed by atoms with Gasteiger partial charge < -0.3 is 5.32 Å². The molecular weight excluding hydrogens is 214 g/mol. The molecule has 1 saturated carbocycles. The molecule has 0 aliphatic heterocycles. The van der Waals surface area contributed by atoms with Gasteiger partial charge in [0.05, 0.1) is 0 Å². The van der Waals surface area contributed by atoms with E-state index in [-0.39, 0.29) is 0 Å². The molecule has 0 atom stereocenters. The predicted molar refractivity (Wildman–Crippen MR) is 63.1 cm³/mol. The molecule has 0 radical (unpaired) electrons. The Morgan fingerprint density at radius 2 is 2.21 bits per heavy atom. The SMILES string of the molecule is CSC1CCC(Nc2nncs2)CC1. The zero-order valence-electron chi connectivity index (χ0n) is 8.27. The molecule has 0 aromatic carbocycles. The van der Waals surface area contributed by atoms with E-state index >= 15 is 0 Å². The molecule has 0 bridgehead atoms. The summed E-state index contributed by atoms with van der Waals surface area (Å²) in [5.41, 5.74) is 1.77. The summed E-state index contributed by atoms with van der Waals surface area (Å²) >= 11 is 3.59. The minimum absolute atomic E-state index is 0.617. The quantitative estimate of drug-likeness (QED) is 0.864. The van der Waals surface area contributed by atoms with Crippen molar-refractivity contribution < 1.29 is 0 Å². The Hall–Kier alpha value is -0.290. The van der Waals surface area contributed by atoms with E-state index in [1.54, 1.807) is 16.8 Å². The number of rotatable bonds is 3. The van der Waals surface area contributed by atoms with Crippen LogP contribution in [0.1, 0.15) is 25.7 Å². The van der Waals surface area contributed by atoms with E-state index in [2.05, 4.69) is 21.8 Å². The second-order valence-corrected chi connectivity index (χ2v) is 5.57. The third-order valence-electron chi connectivity index (χ3n) is 2.70. The first kappa shape index (κ1) is 10.2. The molecule has 1 aliphatic rings. The van der Waals surface area contributed by atoms with Gasteiger partial charge >= 0.3 is 0 Å². The van der Waals surface area contributed by atoms with Crippen LogP contribution in [0.3, 0.4) is 0 Å². The van der Waals surface area contributed by atoms with Gasteiger partial charge in [-0.25, -0.2) is 0 Å². The first-order valence-electron chi connectivity index (χ1n) is 4.94. The lowest BCUT2D eigenvalue weighted by molar-refractivity contribution is 0.473. The van der Waals surface area contributed by atoms with Gasteiger partial charge in [-0.05, 0) is 31.9 Å². The van der Waals surface area contributed by atoms with Gasteiger partial charge in [-0.15, -0.1) is 10.2 Å². The fourth-order valence-corrected chi connectivity index (χ4v) is 3.12. The zero-order chi connectivity index (χ0) is 9.80. The van der Waals surface area contributed by atoms with Gasteiger partial charge in [-0.2, -0.15) is 11.8 Å². The highest BCUT2D eigenvalue weighted by Gasteiger charge is 2.20. The third kappa shape index (κ3) is 2.60. The smallest absolute Gasteiger partial charge is 0.205 e. The van der Waals surface area contributed by atoms with Crippen molar-refractivity contribution in [2.45, 2.75) is 37.0 Å². The minimum Gasteiger partial charge on any atom is -0.357 e. The van der Waals surface area contributed by atoms with Crippen LogP contribution in [0.15, 0.2) is 5.51 Å². The molecule has 1 N–H and O–H groups in total. The van der Waals surface area contributed by atoms with E-state index < -0.39 is 0 Å². The van der Waals surface area contributed by atoms with Crippen molar-refractivity contribution in [1.82, 2.24) is 10.2 Å². The number of hydrogen-bond acceptors (Lipinski definition) is 5. The van der Waals surface area contributed by atoms with Crippen LogP contribution in [0.2, 0.25) is 0 Å². The van der Waals surface area contributed by atoms with Gasteiger partial charge in [0, 0.05) is 11.3 Å². The van der Waals surface area contributed by atoms with E-state index in [1.165, 1.54) is 25.7 Å². The minimum atomic E-state index is 0.617. The number of hydrogen-bond donors (Lipinski definition) is 1. The molecule has 1 aromatic heterocycles. The van der Waals surface area contributed by atoms with E-state index in [1.807, 2.05) is 11.8 Å². The molecule has 2 rings (SSSR count). The molecule has 1 aromatic rings.